The third-order valence-corrected chi connectivity index (χ3v) is 4.84. The van der Waals surface area contributed by atoms with Gasteiger partial charge in [-0.15, -0.1) is 0 Å². The predicted molar refractivity (Wildman–Crippen MR) is 105 cm³/mol. The van der Waals surface area contributed by atoms with Crippen LogP contribution in [0.15, 0.2) is 51.7 Å². The molecule has 8 heteroatoms. The molecular formula is C22H20F3NO4. The molecule has 1 N–H and O–H groups in total. The van der Waals surface area contributed by atoms with E-state index in [4.69, 9.17) is 9.15 Å². The third kappa shape index (κ3) is 4.82. The Balaban J connectivity index is 1.66. The summed E-state index contributed by atoms with van der Waals surface area (Å²) in [5.74, 6) is 0.188. The Bertz CT molecular complexity index is 1140. The molecule has 158 valence electrons. The van der Waals surface area contributed by atoms with Crippen molar-refractivity contribution in [1.82, 2.24) is 5.32 Å². The lowest BCUT2D eigenvalue weighted by Crippen LogP contribution is -2.24. The first-order valence-corrected chi connectivity index (χ1v) is 9.22. The van der Waals surface area contributed by atoms with Crippen LogP contribution in [0.2, 0.25) is 0 Å². The van der Waals surface area contributed by atoms with Gasteiger partial charge < -0.3 is 14.5 Å². The fourth-order valence-electron chi connectivity index (χ4n) is 3.18. The largest absolute Gasteiger partial charge is 0.497 e. The summed E-state index contributed by atoms with van der Waals surface area (Å²) in [7, 11) is 1.51. The van der Waals surface area contributed by atoms with Crippen molar-refractivity contribution < 1.29 is 27.1 Å². The Morgan fingerprint density at radius 2 is 1.93 bits per heavy atom. The van der Waals surface area contributed by atoms with E-state index in [1.54, 1.807) is 25.1 Å². The maximum absolute atomic E-state index is 12.8. The quantitative estimate of drug-likeness (QED) is 0.602. The summed E-state index contributed by atoms with van der Waals surface area (Å²) in [6.45, 7) is 1.75. The second kappa shape index (κ2) is 8.61. The molecule has 0 aliphatic rings. The second-order valence-electron chi connectivity index (χ2n) is 6.83. The maximum atomic E-state index is 12.8. The van der Waals surface area contributed by atoms with Gasteiger partial charge in [0.15, 0.2) is 0 Å². The molecule has 1 heterocycles. The zero-order valence-electron chi connectivity index (χ0n) is 16.4. The lowest BCUT2D eigenvalue weighted by Gasteiger charge is -2.10. The molecule has 0 unspecified atom stereocenters. The number of hydrogen-bond acceptors (Lipinski definition) is 4. The third-order valence-electron chi connectivity index (χ3n) is 4.84. The van der Waals surface area contributed by atoms with Gasteiger partial charge in [-0.05, 0) is 48.7 Å². The number of methoxy groups -OCH3 is 1. The van der Waals surface area contributed by atoms with E-state index < -0.39 is 17.4 Å². The Labute approximate surface area is 170 Å². The summed E-state index contributed by atoms with van der Waals surface area (Å²) in [6, 6.07) is 9.92. The lowest BCUT2D eigenvalue weighted by atomic mass is 10.0. The minimum atomic E-state index is -4.44. The molecule has 0 radical (unpaired) electrons. The van der Waals surface area contributed by atoms with Crippen molar-refractivity contribution in [2.75, 3.05) is 7.11 Å². The summed E-state index contributed by atoms with van der Waals surface area (Å²) in [5, 5.41) is 3.33. The number of fused-ring (bicyclic) bond motifs is 1. The highest BCUT2D eigenvalue weighted by molar-refractivity contribution is 5.82. The summed E-state index contributed by atoms with van der Waals surface area (Å²) >= 11 is 0. The van der Waals surface area contributed by atoms with Gasteiger partial charge in [-0.25, -0.2) is 4.79 Å². The van der Waals surface area contributed by atoms with E-state index in [9.17, 15) is 22.8 Å². The molecule has 3 aromatic rings. The molecule has 30 heavy (non-hydrogen) atoms. The Hall–Kier alpha value is -3.29. The van der Waals surface area contributed by atoms with Crippen molar-refractivity contribution in [2.45, 2.75) is 32.5 Å². The molecule has 5 nitrogen and oxygen atoms in total. The Kier molecular flexibility index (Phi) is 6.14. The van der Waals surface area contributed by atoms with E-state index in [0.717, 1.165) is 23.1 Å². The minimum Gasteiger partial charge on any atom is -0.497 e. The van der Waals surface area contributed by atoms with Crippen molar-refractivity contribution in [1.29, 1.82) is 0 Å². The van der Waals surface area contributed by atoms with Crippen molar-refractivity contribution in [3.63, 3.8) is 0 Å². The highest BCUT2D eigenvalue weighted by Gasteiger charge is 2.30. The zero-order chi connectivity index (χ0) is 21.9. The van der Waals surface area contributed by atoms with E-state index in [1.165, 1.54) is 19.2 Å². The number of rotatable bonds is 6. The van der Waals surface area contributed by atoms with Gasteiger partial charge in [0.05, 0.1) is 12.7 Å². The molecule has 0 aliphatic carbocycles. The van der Waals surface area contributed by atoms with Crippen molar-refractivity contribution in [2.24, 2.45) is 0 Å². The van der Waals surface area contributed by atoms with Crippen molar-refractivity contribution >= 4 is 16.9 Å². The smallest absolute Gasteiger partial charge is 0.416 e. The van der Waals surface area contributed by atoms with Crippen LogP contribution in [0.4, 0.5) is 13.2 Å². The van der Waals surface area contributed by atoms with Crippen LogP contribution in [0, 0.1) is 6.92 Å². The number of carbonyl (C=O) groups is 1. The van der Waals surface area contributed by atoms with E-state index in [2.05, 4.69) is 5.32 Å². The van der Waals surface area contributed by atoms with Crippen LogP contribution in [0.5, 0.6) is 5.75 Å². The first kappa shape index (κ1) is 21.4. The Morgan fingerprint density at radius 3 is 2.63 bits per heavy atom. The molecule has 1 aromatic heterocycles. The molecule has 0 saturated carbocycles. The van der Waals surface area contributed by atoms with Crippen LogP contribution < -0.4 is 15.7 Å². The highest BCUT2D eigenvalue weighted by atomic mass is 19.4. The van der Waals surface area contributed by atoms with Crippen LogP contribution in [-0.4, -0.2) is 13.0 Å². The van der Waals surface area contributed by atoms with Gasteiger partial charge >= 0.3 is 11.8 Å². The summed E-state index contributed by atoms with van der Waals surface area (Å²) in [6.07, 6.45) is -4.28. The average Bonchev–Trinajstić information content (AvgIpc) is 2.71. The van der Waals surface area contributed by atoms with Crippen molar-refractivity contribution in [3.05, 3.63) is 75.1 Å². The molecule has 1 amide bonds. The number of halogens is 3. The number of hydrogen-bond donors (Lipinski definition) is 1. The number of aryl methyl sites for hydroxylation is 1. The molecule has 0 aliphatic heterocycles. The normalized spacial score (nSPS) is 11.5. The Morgan fingerprint density at radius 1 is 1.17 bits per heavy atom. The minimum absolute atomic E-state index is 0.00617. The number of benzene rings is 2. The SMILES string of the molecule is COc1ccc2c(C)c(CCC(=O)NCc3cccc(C(F)(F)F)c3)c(=O)oc2c1. The first-order chi connectivity index (χ1) is 14.2. The molecule has 0 bridgehead atoms. The number of carbonyl (C=O) groups excluding carboxylic acids is 1. The van der Waals surface area contributed by atoms with Gasteiger partial charge in [0.1, 0.15) is 11.3 Å². The summed E-state index contributed by atoms with van der Waals surface area (Å²) in [5.41, 5.74) is 0.550. The molecule has 0 fully saturated rings. The van der Waals surface area contributed by atoms with Gasteiger partial charge in [-0.3, -0.25) is 4.79 Å². The van der Waals surface area contributed by atoms with Gasteiger partial charge in [0.2, 0.25) is 5.91 Å². The monoisotopic (exact) mass is 419 g/mol. The maximum Gasteiger partial charge on any atom is 0.416 e. The average molecular weight is 419 g/mol. The fourth-order valence-corrected chi connectivity index (χ4v) is 3.18. The van der Waals surface area contributed by atoms with Gasteiger partial charge in [0.25, 0.3) is 0 Å². The van der Waals surface area contributed by atoms with E-state index in [-0.39, 0.29) is 25.3 Å². The lowest BCUT2D eigenvalue weighted by molar-refractivity contribution is -0.137. The number of ether oxygens (including phenoxy) is 1. The fraction of sp³-hybridized carbons (Fsp3) is 0.273. The molecular weight excluding hydrogens is 399 g/mol. The zero-order valence-corrected chi connectivity index (χ0v) is 16.4. The van der Waals surface area contributed by atoms with Crippen LogP contribution in [0.3, 0.4) is 0 Å². The summed E-state index contributed by atoms with van der Waals surface area (Å²) in [4.78, 5) is 24.5. The molecule has 2 aromatic carbocycles. The van der Waals surface area contributed by atoms with Crippen LogP contribution in [0.25, 0.3) is 11.0 Å². The number of amides is 1. The summed E-state index contributed by atoms with van der Waals surface area (Å²) < 4.78 is 48.8. The van der Waals surface area contributed by atoms with Crippen LogP contribution in [-0.2, 0) is 23.9 Å². The van der Waals surface area contributed by atoms with Gasteiger partial charge in [-0.1, -0.05) is 12.1 Å². The number of nitrogens with one attached hydrogen (secondary N) is 1. The van der Waals surface area contributed by atoms with E-state index >= 15 is 0 Å². The molecule has 3 rings (SSSR count). The highest BCUT2D eigenvalue weighted by Crippen LogP contribution is 2.29. The van der Waals surface area contributed by atoms with E-state index in [0.29, 0.717) is 22.5 Å². The standard InChI is InChI=1S/C22H20F3NO4/c1-13-17-7-6-16(29-2)11-19(17)30-21(28)18(13)8-9-20(27)26-12-14-4-3-5-15(10-14)22(23,24)25/h3-7,10-11H,8-9,12H2,1-2H3,(H,26,27). The topological polar surface area (TPSA) is 68.5 Å². The number of alkyl halides is 3. The molecule has 0 spiro atoms. The van der Waals surface area contributed by atoms with Crippen LogP contribution >= 0.6 is 0 Å². The molecule has 0 atom stereocenters. The second-order valence-corrected chi connectivity index (χ2v) is 6.83. The van der Waals surface area contributed by atoms with Crippen LogP contribution in [0.1, 0.15) is 28.7 Å². The van der Waals surface area contributed by atoms with Gasteiger partial charge in [-0.2, -0.15) is 13.2 Å². The predicted octanol–water partition coefficient (Wildman–Crippen LogP) is 4.38. The van der Waals surface area contributed by atoms with E-state index in [1.807, 2.05) is 0 Å². The first-order valence-electron chi connectivity index (χ1n) is 9.22. The van der Waals surface area contributed by atoms with Crippen molar-refractivity contribution in [3.8, 4) is 5.75 Å². The van der Waals surface area contributed by atoms with Gasteiger partial charge in [0, 0.05) is 30.0 Å². The molecule has 0 saturated heterocycles.